The third kappa shape index (κ3) is 5.40. The van der Waals surface area contributed by atoms with Gasteiger partial charge in [-0.25, -0.2) is 0 Å². The maximum atomic E-state index is 11.1. The number of nitrogens with one attached hydrogen (secondary N) is 2. The van der Waals surface area contributed by atoms with Crippen molar-refractivity contribution >= 4 is 20.2 Å². The average molecular weight is 202 g/mol. The lowest BCUT2D eigenvalue weighted by molar-refractivity contribution is -0.119. The Morgan fingerprint density at radius 3 is 1.54 bits per heavy atom. The van der Waals surface area contributed by atoms with Crippen LogP contribution in [0.15, 0.2) is 0 Å². The molecule has 0 atom stereocenters. The van der Waals surface area contributed by atoms with Crippen molar-refractivity contribution in [3.05, 3.63) is 0 Å². The molecular weight excluding hydrogens is 184 g/mol. The topological polar surface area (TPSA) is 58.2 Å². The van der Waals surface area contributed by atoms with Gasteiger partial charge in [0, 0.05) is 12.8 Å². The number of carbonyl (C=O) groups is 2. The zero-order chi connectivity index (χ0) is 10.5. The molecule has 0 aliphatic rings. The van der Waals surface area contributed by atoms with Crippen molar-refractivity contribution in [2.45, 2.75) is 39.8 Å². The molecule has 0 spiro atoms. The molecular formula is C8H18N2O2Si. The van der Waals surface area contributed by atoms with E-state index in [0.29, 0.717) is 12.8 Å². The van der Waals surface area contributed by atoms with Gasteiger partial charge in [0.2, 0.25) is 11.8 Å². The van der Waals surface area contributed by atoms with Crippen LogP contribution in [0.2, 0.25) is 13.1 Å². The van der Waals surface area contributed by atoms with Crippen LogP contribution in [0.4, 0.5) is 0 Å². The second-order valence-electron chi connectivity index (χ2n) is 3.43. The Morgan fingerprint density at radius 1 is 1.00 bits per heavy atom. The zero-order valence-electron chi connectivity index (χ0n) is 8.73. The molecule has 0 aromatic carbocycles. The second-order valence-corrected chi connectivity index (χ2v) is 7.18. The Hall–Kier alpha value is -0.843. The summed E-state index contributed by atoms with van der Waals surface area (Å²) in [6.45, 7) is 7.38. The maximum Gasteiger partial charge on any atom is 0.257 e. The molecule has 0 aromatic rings. The van der Waals surface area contributed by atoms with Gasteiger partial charge in [-0.1, -0.05) is 13.8 Å². The molecule has 4 nitrogen and oxygen atoms in total. The van der Waals surface area contributed by atoms with Gasteiger partial charge in [-0.05, 0) is 13.1 Å². The molecule has 0 aliphatic heterocycles. The summed E-state index contributed by atoms with van der Waals surface area (Å²) in [5.41, 5.74) is 0. The highest BCUT2D eigenvalue weighted by Crippen LogP contribution is 1.93. The minimum Gasteiger partial charge on any atom is -0.365 e. The van der Waals surface area contributed by atoms with E-state index in [2.05, 4.69) is 9.96 Å². The number of hydrogen-bond donors (Lipinski definition) is 2. The van der Waals surface area contributed by atoms with Gasteiger partial charge >= 0.3 is 0 Å². The summed E-state index contributed by atoms with van der Waals surface area (Å²) in [7, 11) is -2.07. The summed E-state index contributed by atoms with van der Waals surface area (Å²) < 4.78 is 0. The molecule has 0 aliphatic carbocycles. The molecule has 0 saturated heterocycles. The van der Waals surface area contributed by atoms with Gasteiger partial charge in [-0.3, -0.25) is 9.59 Å². The van der Waals surface area contributed by atoms with Crippen molar-refractivity contribution in [2.75, 3.05) is 0 Å². The van der Waals surface area contributed by atoms with Gasteiger partial charge in [0.25, 0.3) is 8.40 Å². The fourth-order valence-corrected chi connectivity index (χ4v) is 2.72. The highest BCUT2D eigenvalue weighted by atomic mass is 28.3. The van der Waals surface area contributed by atoms with Crippen molar-refractivity contribution in [3.8, 4) is 0 Å². The summed E-state index contributed by atoms with van der Waals surface area (Å²) >= 11 is 0. The number of rotatable bonds is 4. The normalized spacial score (nSPS) is 10.8. The van der Waals surface area contributed by atoms with E-state index in [1.165, 1.54) is 0 Å². The van der Waals surface area contributed by atoms with Crippen LogP contribution < -0.4 is 9.96 Å². The van der Waals surface area contributed by atoms with Gasteiger partial charge in [0.05, 0.1) is 0 Å². The number of hydrogen-bond acceptors (Lipinski definition) is 2. The van der Waals surface area contributed by atoms with Crippen LogP contribution in [0, 0.1) is 0 Å². The lowest BCUT2D eigenvalue weighted by Crippen LogP contribution is -2.61. The van der Waals surface area contributed by atoms with E-state index >= 15 is 0 Å². The first-order valence-corrected chi connectivity index (χ1v) is 7.53. The van der Waals surface area contributed by atoms with Crippen molar-refractivity contribution in [3.63, 3.8) is 0 Å². The summed E-state index contributed by atoms with van der Waals surface area (Å²) in [6, 6.07) is 0. The molecule has 0 unspecified atom stereocenters. The Balaban J connectivity index is 4.07. The zero-order valence-corrected chi connectivity index (χ0v) is 9.73. The van der Waals surface area contributed by atoms with Gasteiger partial charge in [0.1, 0.15) is 0 Å². The van der Waals surface area contributed by atoms with Crippen molar-refractivity contribution in [2.24, 2.45) is 0 Å². The number of carbonyl (C=O) groups excluding carboxylic acids is 2. The Bertz CT molecular complexity index is 184. The van der Waals surface area contributed by atoms with E-state index in [1.807, 2.05) is 13.1 Å². The minimum absolute atomic E-state index is 0.00642. The van der Waals surface area contributed by atoms with E-state index in [9.17, 15) is 9.59 Å². The molecule has 76 valence electrons. The van der Waals surface area contributed by atoms with E-state index in [0.717, 1.165) is 0 Å². The van der Waals surface area contributed by atoms with Crippen molar-refractivity contribution in [1.29, 1.82) is 0 Å². The first-order chi connectivity index (χ1) is 5.91. The molecule has 0 rings (SSSR count). The summed E-state index contributed by atoms with van der Waals surface area (Å²) in [4.78, 5) is 27.8. The van der Waals surface area contributed by atoms with Crippen LogP contribution >= 0.6 is 0 Å². The molecule has 0 saturated carbocycles. The second kappa shape index (κ2) is 5.01. The Kier molecular flexibility index (Phi) is 4.69. The van der Waals surface area contributed by atoms with Crippen LogP contribution in [0.3, 0.4) is 0 Å². The lowest BCUT2D eigenvalue weighted by Gasteiger charge is -2.23. The first-order valence-electron chi connectivity index (χ1n) is 4.53. The van der Waals surface area contributed by atoms with Gasteiger partial charge in [0.15, 0.2) is 0 Å². The molecule has 0 bridgehead atoms. The molecule has 2 amide bonds. The molecule has 0 radical (unpaired) electrons. The van der Waals surface area contributed by atoms with Crippen LogP contribution in [-0.4, -0.2) is 20.2 Å². The Morgan fingerprint density at radius 2 is 1.31 bits per heavy atom. The monoisotopic (exact) mass is 202 g/mol. The summed E-state index contributed by atoms with van der Waals surface area (Å²) in [5, 5.41) is 0. The standard InChI is InChI=1S/C8H18N2O2Si/c1-5-7(11)9-13(3,4)10-8(12)6-2/h5-6H2,1-4H3,(H,9,11)(H,10,12). The molecule has 0 aromatic heterocycles. The minimum atomic E-state index is -2.07. The van der Waals surface area contributed by atoms with Crippen molar-refractivity contribution in [1.82, 2.24) is 9.96 Å². The van der Waals surface area contributed by atoms with Gasteiger partial charge < -0.3 is 9.96 Å². The molecule has 0 fully saturated rings. The van der Waals surface area contributed by atoms with Crippen molar-refractivity contribution < 1.29 is 9.59 Å². The predicted molar refractivity (Wildman–Crippen MR) is 54.3 cm³/mol. The van der Waals surface area contributed by atoms with E-state index in [4.69, 9.17) is 0 Å². The quantitative estimate of drug-likeness (QED) is 0.661. The summed E-state index contributed by atoms with van der Waals surface area (Å²) in [6.07, 6.45) is 0.914. The van der Waals surface area contributed by atoms with E-state index in [-0.39, 0.29) is 11.8 Å². The smallest absolute Gasteiger partial charge is 0.257 e. The number of amides is 2. The SMILES string of the molecule is CCC(=O)N[Si](C)(C)NC(=O)CC. The van der Waals surface area contributed by atoms with E-state index < -0.39 is 8.40 Å². The largest absolute Gasteiger partial charge is 0.365 e. The molecule has 13 heavy (non-hydrogen) atoms. The van der Waals surface area contributed by atoms with Gasteiger partial charge in [-0.15, -0.1) is 0 Å². The van der Waals surface area contributed by atoms with E-state index in [1.54, 1.807) is 13.8 Å². The van der Waals surface area contributed by atoms with Gasteiger partial charge in [-0.2, -0.15) is 0 Å². The molecule has 2 N–H and O–H groups in total. The first kappa shape index (κ1) is 12.2. The lowest BCUT2D eigenvalue weighted by atomic mass is 10.5. The third-order valence-electron chi connectivity index (χ3n) is 1.55. The van der Waals surface area contributed by atoms with Crippen LogP contribution in [0.1, 0.15) is 26.7 Å². The third-order valence-corrected chi connectivity index (χ3v) is 3.35. The fourth-order valence-electron chi connectivity index (χ4n) is 0.905. The maximum absolute atomic E-state index is 11.1. The fraction of sp³-hybridized carbons (Fsp3) is 0.750. The highest BCUT2D eigenvalue weighted by molar-refractivity contribution is 6.76. The van der Waals surface area contributed by atoms with Crippen LogP contribution in [-0.2, 0) is 9.59 Å². The van der Waals surface area contributed by atoms with Crippen LogP contribution in [0.25, 0.3) is 0 Å². The molecule has 0 heterocycles. The average Bonchev–Trinajstić information content (AvgIpc) is 2.02. The molecule has 5 heteroatoms. The van der Waals surface area contributed by atoms with Crippen LogP contribution in [0.5, 0.6) is 0 Å². The highest BCUT2D eigenvalue weighted by Gasteiger charge is 2.25. The summed E-state index contributed by atoms with van der Waals surface area (Å²) in [5.74, 6) is -0.0128. The Labute approximate surface area is 80.3 Å². The predicted octanol–water partition coefficient (Wildman–Crippen LogP) is 0.741.